The van der Waals surface area contributed by atoms with Crippen LogP contribution < -0.4 is 16.4 Å². The molecule has 2 aliphatic carbocycles. The molecule has 2 aliphatic rings. The average molecular weight is 386 g/mol. The summed E-state index contributed by atoms with van der Waals surface area (Å²) in [6.45, 7) is 0. The van der Waals surface area contributed by atoms with Crippen LogP contribution in [0.4, 0.5) is 11.4 Å². The van der Waals surface area contributed by atoms with Gasteiger partial charge in [-0.2, -0.15) is 0 Å². The van der Waals surface area contributed by atoms with Gasteiger partial charge in [-0.05, 0) is 73.6 Å². The number of hydrogen-bond acceptors (Lipinski definition) is 3. The Bertz CT molecular complexity index is 864. The van der Waals surface area contributed by atoms with Gasteiger partial charge in [0.25, 0.3) is 5.91 Å². The lowest BCUT2D eigenvalue weighted by Crippen LogP contribution is -2.31. The van der Waals surface area contributed by atoms with E-state index in [-0.39, 0.29) is 36.2 Å². The van der Waals surface area contributed by atoms with Gasteiger partial charge >= 0.3 is 0 Å². The third kappa shape index (κ3) is 4.42. The number of anilines is 2. The Morgan fingerprint density at radius 3 is 2.63 bits per heavy atom. The number of fused-ring (bicyclic) bond motifs is 1. The first-order valence-electron chi connectivity index (χ1n) is 9.20. The summed E-state index contributed by atoms with van der Waals surface area (Å²) in [6, 6.07) is 13.0. The van der Waals surface area contributed by atoms with Crippen molar-refractivity contribution in [1.82, 2.24) is 5.32 Å². The molecule has 142 valence electrons. The molecule has 1 fully saturated rings. The minimum atomic E-state index is -0.123. The van der Waals surface area contributed by atoms with Gasteiger partial charge in [0.15, 0.2) is 0 Å². The third-order valence-electron chi connectivity index (χ3n) is 5.13. The van der Waals surface area contributed by atoms with Crippen molar-refractivity contribution in [2.45, 2.75) is 38.1 Å². The lowest BCUT2D eigenvalue weighted by molar-refractivity contribution is -0.117. The summed E-state index contributed by atoms with van der Waals surface area (Å²) in [4.78, 5) is 24.6. The first-order valence-corrected chi connectivity index (χ1v) is 9.20. The van der Waals surface area contributed by atoms with Crippen molar-refractivity contribution in [3.8, 4) is 0 Å². The highest BCUT2D eigenvalue weighted by Gasteiger charge is 2.29. The Balaban J connectivity index is 0.00000210. The zero-order valence-electron chi connectivity index (χ0n) is 15.0. The fraction of sp³-hybridized carbons (Fsp3) is 0.333. The van der Waals surface area contributed by atoms with Crippen molar-refractivity contribution in [2.24, 2.45) is 5.92 Å². The van der Waals surface area contributed by atoms with Crippen molar-refractivity contribution in [3.63, 3.8) is 0 Å². The number of rotatable bonds is 4. The van der Waals surface area contributed by atoms with E-state index in [1.54, 1.807) is 18.2 Å². The Hall–Kier alpha value is -2.53. The second-order valence-electron chi connectivity index (χ2n) is 7.22. The van der Waals surface area contributed by atoms with Gasteiger partial charge in [-0.3, -0.25) is 9.59 Å². The van der Waals surface area contributed by atoms with Crippen LogP contribution in [0.15, 0.2) is 42.5 Å². The molecule has 0 heterocycles. The predicted octanol–water partition coefficient (Wildman–Crippen LogP) is 3.85. The topological polar surface area (TPSA) is 84.2 Å². The molecule has 6 heteroatoms. The second kappa shape index (κ2) is 8.01. The Morgan fingerprint density at radius 1 is 1.04 bits per heavy atom. The first-order chi connectivity index (χ1) is 12.6. The minimum Gasteiger partial charge on any atom is -0.399 e. The van der Waals surface area contributed by atoms with Gasteiger partial charge in [0, 0.05) is 22.9 Å². The number of carbonyl (C=O) groups is 2. The molecule has 2 aromatic rings. The van der Waals surface area contributed by atoms with Crippen molar-refractivity contribution < 1.29 is 9.59 Å². The van der Waals surface area contributed by atoms with E-state index < -0.39 is 0 Å². The van der Waals surface area contributed by atoms with Gasteiger partial charge in [-0.1, -0.05) is 12.1 Å². The highest BCUT2D eigenvalue weighted by atomic mass is 35.5. The van der Waals surface area contributed by atoms with E-state index in [2.05, 4.69) is 10.6 Å². The summed E-state index contributed by atoms with van der Waals surface area (Å²) in [7, 11) is 0. The molecule has 1 atom stereocenters. The molecule has 2 aromatic carbocycles. The molecule has 2 amide bonds. The standard InChI is InChI=1S/C21H23N3O2.ClH/c22-16-9-10-18-14(11-16)3-2-6-19(18)24-21(26)15-4-1-5-17(12-15)23-20(25)13-7-8-13;/h1,4-5,9-13,19H,2-3,6-8,22H2,(H,23,25)(H,24,26);1H. The van der Waals surface area contributed by atoms with Crippen LogP contribution in [0.25, 0.3) is 0 Å². The molecule has 5 nitrogen and oxygen atoms in total. The number of halogens is 1. The Kier molecular flexibility index (Phi) is 5.71. The highest BCUT2D eigenvalue weighted by molar-refractivity contribution is 5.98. The summed E-state index contributed by atoms with van der Waals surface area (Å²) < 4.78 is 0. The molecule has 0 saturated heterocycles. The highest BCUT2D eigenvalue weighted by Crippen LogP contribution is 2.32. The number of nitrogens with one attached hydrogen (secondary N) is 2. The number of nitrogens with two attached hydrogens (primary N) is 1. The molecular formula is C21H24ClN3O2. The van der Waals surface area contributed by atoms with Gasteiger partial charge in [-0.25, -0.2) is 0 Å². The molecule has 1 unspecified atom stereocenters. The van der Waals surface area contributed by atoms with Crippen molar-refractivity contribution in [2.75, 3.05) is 11.1 Å². The van der Waals surface area contributed by atoms with E-state index in [4.69, 9.17) is 5.73 Å². The zero-order valence-corrected chi connectivity index (χ0v) is 15.9. The van der Waals surface area contributed by atoms with E-state index in [1.165, 1.54) is 5.56 Å². The summed E-state index contributed by atoms with van der Waals surface area (Å²) >= 11 is 0. The first kappa shape index (κ1) is 19.2. The molecular weight excluding hydrogens is 362 g/mol. The lowest BCUT2D eigenvalue weighted by Gasteiger charge is -2.26. The van der Waals surface area contributed by atoms with Gasteiger partial charge in [0.1, 0.15) is 0 Å². The molecule has 4 rings (SSSR count). The average Bonchev–Trinajstić information content (AvgIpc) is 3.47. The van der Waals surface area contributed by atoms with Crippen molar-refractivity contribution in [1.29, 1.82) is 0 Å². The number of aryl methyl sites for hydroxylation is 1. The summed E-state index contributed by atoms with van der Waals surface area (Å²) in [5, 5.41) is 6.03. The van der Waals surface area contributed by atoms with Crippen molar-refractivity contribution in [3.05, 3.63) is 59.2 Å². The summed E-state index contributed by atoms with van der Waals surface area (Å²) in [5.74, 6) is 0.0576. The fourth-order valence-corrected chi connectivity index (χ4v) is 3.55. The number of carbonyl (C=O) groups excluding carboxylic acids is 2. The van der Waals surface area contributed by atoms with E-state index >= 15 is 0 Å². The normalized spacial score (nSPS) is 18.0. The number of nitrogen functional groups attached to an aromatic ring is 1. The monoisotopic (exact) mass is 385 g/mol. The molecule has 0 spiro atoms. The van der Waals surface area contributed by atoms with E-state index in [1.807, 2.05) is 24.3 Å². The van der Waals surface area contributed by atoms with Crippen LogP contribution in [-0.4, -0.2) is 11.8 Å². The second-order valence-corrected chi connectivity index (χ2v) is 7.22. The van der Waals surface area contributed by atoms with Crippen LogP contribution in [0.5, 0.6) is 0 Å². The number of benzene rings is 2. The maximum absolute atomic E-state index is 12.7. The summed E-state index contributed by atoms with van der Waals surface area (Å²) in [6.07, 6.45) is 4.85. The predicted molar refractivity (Wildman–Crippen MR) is 109 cm³/mol. The quantitative estimate of drug-likeness (QED) is 0.699. The van der Waals surface area contributed by atoms with Crippen LogP contribution in [-0.2, 0) is 11.2 Å². The Labute approximate surface area is 165 Å². The molecule has 0 bridgehead atoms. The molecule has 0 radical (unpaired) electrons. The van der Waals surface area contributed by atoms with Crippen molar-refractivity contribution >= 4 is 35.6 Å². The fourth-order valence-electron chi connectivity index (χ4n) is 3.55. The molecule has 1 saturated carbocycles. The van der Waals surface area contributed by atoms with E-state index in [0.717, 1.165) is 43.4 Å². The largest absolute Gasteiger partial charge is 0.399 e. The summed E-state index contributed by atoms with van der Waals surface area (Å²) in [5.41, 5.74) is 10.2. The van der Waals surface area contributed by atoms with Crippen LogP contribution in [0.2, 0.25) is 0 Å². The van der Waals surface area contributed by atoms with E-state index in [0.29, 0.717) is 11.3 Å². The number of hydrogen-bond donors (Lipinski definition) is 3. The molecule has 0 aliphatic heterocycles. The Morgan fingerprint density at radius 2 is 1.85 bits per heavy atom. The van der Waals surface area contributed by atoms with E-state index in [9.17, 15) is 9.59 Å². The smallest absolute Gasteiger partial charge is 0.251 e. The van der Waals surface area contributed by atoms with Gasteiger partial charge < -0.3 is 16.4 Å². The molecule has 0 aromatic heterocycles. The van der Waals surface area contributed by atoms with Gasteiger partial charge in [-0.15, -0.1) is 12.4 Å². The van der Waals surface area contributed by atoms with Crippen LogP contribution in [0.1, 0.15) is 53.2 Å². The van der Waals surface area contributed by atoms with Crippen LogP contribution in [0, 0.1) is 5.92 Å². The third-order valence-corrected chi connectivity index (χ3v) is 5.13. The van der Waals surface area contributed by atoms with Gasteiger partial charge in [0.05, 0.1) is 6.04 Å². The number of amides is 2. The molecule has 4 N–H and O–H groups in total. The SMILES string of the molecule is Cl.Nc1ccc2c(c1)CCCC2NC(=O)c1cccc(NC(=O)C2CC2)c1. The zero-order chi connectivity index (χ0) is 18.1. The van der Waals surface area contributed by atoms with Crippen LogP contribution >= 0.6 is 12.4 Å². The molecule has 27 heavy (non-hydrogen) atoms. The van der Waals surface area contributed by atoms with Gasteiger partial charge in [0.2, 0.25) is 5.91 Å². The lowest BCUT2D eigenvalue weighted by atomic mass is 9.87. The maximum Gasteiger partial charge on any atom is 0.251 e. The maximum atomic E-state index is 12.7. The van der Waals surface area contributed by atoms with Crippen LogP contribution in [0.3, 0.4) is 0 Å². The minimum absolute atomic E-state index is 0.